The molecule has 24 aromatic rings. The number of rotatable bonds is 7. The molecule has 0 saturated carbocycles. The van der Waals surface area contributed by atoms with Crippen LogP contribution in [0.3, 0.4) is 0 Å². The van der Waals surface area contributed by atoms with Gasteiger partial charge in [-0.1, -0.05) is 481 Å². The third-order valence-electron chi connectivity index (χ3n) is 30.5. The average molecular weight is 1850 g/mol. The zero-order valence-corrected chi connectivity index (χ0v) is 83.8. The molecular formula is C141H117N3. The first-order chi connectivity index (χ1) is 70.4. The number of hydrogen-bond donors (Lipinski definition) is 0. The molecule has 0 N–H and O–H groups in total. The number of nitrogens with zero attached hydrogens (tertiary/aromatic N) is 3. The highest BCUT2D eigenvalue weighted by Crippen LogP contribution is 2.60. The molecule has 696 valence electrons. The fourth-order valence-electron chi connectivity index (χ4n) is 24.2. The van der Waals surface area contributed by atoms with Crippen LogP contribution in [0.1, 0.15) is 133 Å². The summed E-state index contributed by atoms with van der Waals surface area (Å²) >= 11 is 0. The third kappa shape index (κ3) is 16.0. The van der Waals surface area contributed by atoms with Crippen LogP contribution in [0.25, 0.3) is 127 Å². The lowest BCUT2D eigenvalue weighted by Crippen LogP contribution is -2.29. The lowest BCUT2D eigenvalue weighted by molar-refractivity contribution is 0.655. The Kier molecular flexibility index (Phi) is 24.7. The van der Waals surface area contributed by atoms with Crippen LogP contribution in [-0.4, -0.2) is 13.7 Å². The van der Waals surface area contributed by atoms with Crippen molar-refractivity contribution in [1.82, 2.24) is 13.7 Å². The summed E-state index contributed by atoms with van der Waals surface area (Å²) in [7, 11) is 0. The molecule has 28 rings (SSSR count). The van der Waals surface area contributed by atoms with Gasteiger partial charge in [0.05, 0.1) is 43.9 Å². The molecule has 0 saturated heterocycles. The molecule has 0 bridgehead atoms. The van der Waals surface area contributed by atoms with Gasteiger partial charge in [-0.25, -0.2) is 0 Å². The molecule has 0 spiro atoms. The van der Waals surface area contributed by atoms with Gasteiger partial charge in [0.15, 0.2) is 0 Å². The first kappa shape index (κ1) is 92.1. The van der Waals surface area contributed by atoms with E-state index in [1.807, 2.05) is 0 Å². The van der Waals surface area contributed by atoms with Crippen molar-refractivity contribution in [3.63, 3.8) is 0 Å². The van der Waals surface area contributed by atoms with Gasteiger partial charge in [-0.15, -0.1) is 0 Å². The number of fused-ring (bicyclic) bond motifs is 21. The molecule has 0 radical (unpaired) electrons. The van der Waals surface area contributed by atoms with Gasteiger partial charge >= 0.3 is 0 Å². The Morgan fingerprint density at radius 2 is 0.465 bits per heavy atom. The molecule has 0 fully saturated rings. The molecule has 0 aliphatic heterocycles. The molecule has 3 heterocycles. The van der Waals surface area contributed by atoms with Crippen LogP contribution in [0.2, 0.25) is 0 Å². The molecule has 0 amide bonds. The van der Waals surface area contributed by atoms with Gasteiger partial charge in [0.1, 0.15) is 0 Å². The smallest absolute Gasteiger partial charge is 0.0716 e. The van der Waals surface area contributed by atoms with Gasteiger partial charge in [-0.2, -0.15) is 0 Å². The molecule has 3 nitrogen and oxygen atoms in total. The Balaban J connectivity index is 0.0000000966. The highest BCUT2D eigenvalue weighted by molar-refractivity contribution is 6.13. The van der Waals surface area contributed by atoms with E-state index in [1.54, 1.807) is 0 Å². The normalized spacial score (nSPS) is 13.2. The number of para-hydroxylation sites is 7. The van der Waals surface area contributed by atoms with Crippen molar-refractivity contribution in [2.24, 2.45) is 0 Å². The van der Waals surface area contributed by atoms with Crippen molar-refractivity contribution in [3.8, 4) is 61.6 Å². The quantitative estimate of drug-likeness (QED) is 0.151. The van der Waals surface area contributed by atoms with Gasteiger partial charge in [0.2, 0.25) is 0 Å². The molecule has 21 aromatic carbocycles. The Morgan fingerprint density at radius 3 is 0.993 bits per heavy atom. The Morgan fingerprint density at radius 1 is 0.167 bits per heavy atom. The third-order valence-corrected chi connectivity index (χ3v) is 30.5. The van der Waals surface area contributed by atoms with E-state index in [-0.39, 0.29) is 21.7 Å². The second-order valence-corrected chi connectivity index (χ2v) is 40.0. The van der Waals surface area contributed by atoms with Crippen LogP contribution < -0.4 is 0 Å². The average Bonchev–Trinajstić information content (AvgIpc) is 1.53. The van der Waals surface area contributed by atoms with Crippen LogP contribution in [0, 0.1) is 48.5 Å². The summed E-state index contributed by atoms with van der Waals surface area (Å²) in [4.78, 5) is 0. The molecule has 3 heteroatoms. The monoisotopic (exact) mass is 1850 g/mol. The second kappa shape index (κ2) is 38.6. The minimum atomic E-state index is -0.264. The molecule has 3 aromatic heterocycles. The molecule has 144 heavy (non-hydrogen) atoms. The largest absolute Gasteiger partial charge is 0.309 e. The Labute approximate surface area is 847 Å². The molecule has 0 unspecified atom stereocenters. The van der Waals surface area contributed by atoms with Crippen LogP contribution in [-0.2, 0) is 21.7 Å². The lowest BCUT2D eigenvalue weighted by atomic mass is 9.67. The maximum Gasteiger partial charge on any atom is 0.0716 e. The number of hydrogen-bond acceptors (Lipinski definition) is 0. The predicted molar refractivity (Wildman–Crippen MR) is 611 cm³/mol. The van der Waals surface area contributed by atoms with E-state index in [4.69, 9.17) is 0 Å². The van der Waals surface area contributed by atoms with Gasteiger partial charge in [0, 0.05) is 60.2 Å². The van der Waals surface area contributed by atoms with Gasteiger partial charge in [-0.3, -0.25) is 0 Å². The van der Waals surface area contributed by atoms with E-state index in [0.717, 1.165) is 0 Å². The maximum atomic E-state index is 2.37. The van der Waals surface area contributed by atoms with Crippen LogP contribution >= 0.6 is 0 Å². The fourth-order valence-corrected chi connectivity index (χ4v) is 24.2. The molecule has 0 atom stereocenters. The predicted octanol–water partition coefficient (Wildman–Crippen LogP) is 36.6. The molecule has 4 aliphatic carbocycles. The SMILES string of the molecule is Cc1ccc2c(c1)C(C)(C)c1ccccc1-2.Cc1ccc2c(c1)C(c1ccccc1)(c1ccccc1)c1ccccc1-2.Cc1ccc2c(c1)c1ccccc1n2-c1ccccc1.Cc1cccc2c1C(C)(C)c1ccccc1-2.Cc1cccc2c1C(c1ccccc1)(c1ccccc1)c1ccccc1-2.Cc1cccc2c1c1ccccc1n2-c1ccccc1.Cc1cccc2c3ccccc3n(-c3ccccc3)c12. The van der Waals surface area contributed by atoms with Crippen LogP contribution in [0.4, 0.5) is 0 Å². The van der Waals surface area contributed by atoms with Crippen molar-refractivity contribution < 1.29 is 0 Å². The summed E-state index contributed by atoms with van der Waals surface area (Å²) in [5, 5.41) is 7.95. The van der Waals surface area contributed by atoms with E-state index in [0.29, 0.717) is 0 Å². The highest BCUT2D eigenvalue weighted by atomic mass is 15.0. The number of aryl methyl sites for hydroxylation is 7. The van der Waals surface area contributed by atoms with Crippen molar-refractivity contribution >= 4 is 65.4 Å². The summed E-state index contributed by atoms with van der Waals surface area (Å²) in [6.45, 7) is 24.6. The first-order valence-electron chi connectivity index (χ1n) is 50.6. The molecule has 4 aliphatic rings. The minimum Gasteiger partial charge on any atom is -0.309 e. The standard InChI is InChI=1S/2C26H20.3C19H15N.2C16H16/c1-19-11-10-17-23-22-16-8-9-18-24(22)26(25(19)23,20-12-4-2-5-13-20)21-14-6-3-7-15-21;1-19-16-17-23-22-14-8-9-15-24(22)26(25(23)18-19,20-10-4-2-5-11-20)21-12-6-3-7-13-21;1-14-8-7-12-17-16-11-5-6-13-18(16)20(19(14)17)15-9-3-2-4-10-15;1-14-8-7-13-18-19(14)16-11-5-6-12-17(16)20(18)15-9-3-2-4-10-15;1-14-11-12-19-17(13-14)16-9-5-6-10-18(16)20(19)15-7-3-2-4-8-15;1-11-7-6-9-13-12-8-4-5-10-14(12)16(2,3)15(11)13;1-11-8-9-13-12-6-4-5-7-14(12)16(2,3)15(13)10-11/h2*2-18H,1H3;3*2-13H,1H3;2*4-10H,1-3H3. The van der Waals surface area contributed by atoms with Crippen molar-refractivity contribution in [1.29, 1.82) is 0 Å². The topological polar surface area (TPSA) is 14.8 Å². The van der Waals surface area contributed by atoms with Crippen molar-refractivity contribution in [2.75, 3.05) is 0 Å². The second-order valence-electron chi connectivity index (χ2n) is 40.0. The number of benzene rings is 21. The number of aromatic nitrogens is 3. The Bertz CT molecular complexity index is 8760. The van der Waals surface area contributed by atoms with E-state index < -0.39 is 0 Å². The van der Waals surface area contributed by atoms with E-state index in [2.05, 4.69) is 599 Å². The van der Waals surface area contributed by atoms with Gasteiger partial charge in [-0.05, 0) is 255 Å². The van der Waals surface area contributed by atoms with E-state index in [1.165, 1.54) is 233 Å². The maximum absolute atomic E-state index is 2.37. The van der Waals surface area contributed by atoms with Gasteiger partial charge in [0.25, 0.3) is 0 Å². The summed E-state index contributed by atoms with van der Waals surface area (Å²) < 4.78 is 7.04. The highest BCUT2D eigenvalue weighted by Gasteiger charge is 2.48. The lowest BCUT2D eigenvalue weighted by Gasteiger charge is -2.34. The Hall–Kier alpha value is -17.0. The summed E-state index contributed by atoms with van der Waals surface area (Å²) in [6, 6.07) is 183. The summed E-state index contributed by atoms with van der Waals surface area (Å²) in [6.07, 6.45) is 0. The van der Waals surface area contributed by atoms with Crippen LogP contribution in [0.5, 0.6) is 0 Å². The van der Waals surface area contributed by atoms with E-state index in [9.17, 15) is 0 Å². The van der Waals surface area contributed by atoms with Crippen molar-refractivity contribution in [3.05, 3.63) is 615 Å². The zero-order chi connectivity index (χ0) is 98.4. The molecular weight excluding hydrogens is 1740 g/mol. The van der Waals surface area contributed by atoms with Crippen molar-refractivity contribution in [2.45, 2.75) is 97.8 Å². The van der Waals surface area contributed by atoms with E-state index >= 15 is 0 Å². The first-order valence-corrected chi connectivity index (χ1v) is 50.6. The van der Waals surface area contributed by atoms with Crippen LogP contribution in [0.15, 0.2) is 510 Å². The fraction of sp³-hybridized carbons (Fsp3) is 0.106. The zero-order valence-electron chi connectivity index (χ0n) is 83.8. The summed E-state index contributed by atoms with van der Waals surface area (Å²) in [5.41, 5.74) is 48.1. The van der Waals surface area contributed by atoms with Gasteiger partial charge < -0.3 is 13.7 Å². The summed E-state index contributed by atoms with van der Waals surface area (Å²) in [5.74, 6) is 0. The minimum absolute atomic E-state index is 0.150.